The second-order valence-corrected chi connectivity index (χ2v) is 5.29. The van der Waals surface area contributed by atoms with Gasteiger partial charge in [-0.1, -0.05) is 0 Å². The van der Waals surface area contributed by atoms with E-state index in [4.69, 9.17) is 0 Å². The first kappa shape index (κ1) is 11.1. The highest BCUT2D eigenvalue weighted by Crippen LogP contribution is 2.27. The molecule has 0 saturated heterocycles. The van der Waals surface area contributed by atoms with Gasteiger partial charge in [0.25, 0.3) is 0 Å². The molecule has 0 aliphatic rings. The van der Waals surface area contributed by atoms with Gasteiger partial charge >= 0.3 is 0 Å². The zero-order valence-electron chi connectivity index (χ0n) is 9.69. The summed E-state index contributed by atoms with van der Waals surface area (Å²) in [6.45, 7) is 6.44. The average molecular weight is 233 g/mol. The lowest BCUT2D eigenvalue weighted by atomic mass is 10.1. The predicted octanol–water partition coefficient (Wildman–Crippen LogP) is 3.33. The Morgan fingerprint density at radius 2 is 2.19 bits per heavy atom. The van der Waals surface area contributed by atoms with E-state index >= 15 is 0 Å². The average Bonchev–Trinajstić information content (AvgIpc) is 2.59. The summed E-state index contributed by atoms with van der Waals surface area (Å²) < 4.78 is 0. The molecule has 0 aromatic carbocycles. The number of aryl methyl sites for hydroxylation is 2. The minimum atomic E-state index is 0.278. The zero-order chi connectivity index (χ0) is 11.5. The summed E-state index contributed by atoms with van der Waals surface area (Å²) in [5.41, 5.74) is 1.35. The lowest BCUT2D eigenvalue weighted by Crippen LogP contribution is -2.07. The summed E-state index contributed by atoms with van der Waals surface area (Å²) >= 11 is 1.84. The third-order valence-corrected chi connectivity index (χ3v) is 3.47. The quantitative estimate of drug-likeness (QED) is 0.883. The number of anilines is 1. The van der Waals surface area contributed by atoms with Gasteiger partial charge in [0.1, 0.15) is 12.1 Å². The molecule has 0 bridgehead atoms. The fourth-order valence-electron chi connectivity index (χ4n) is 1.76. The van der Waals surface area contributed by atoms with Gasteiger partial charge in [0.2, 0.25) is 0 Å². The molecule has 2 heterocycles. The van der Waals surface area contributed by atoms with Crippen molar-refractivity contribution in [3.63, 3.8) is 0 Å². The second kappa shape index (κ2) is 4.61. The Bertz CT molecular complexity index is 464. The smallest absolute Gasteiger partial charge is 0.129 e. The lowest BCUT2D eigenvalue weighted by Gasteiger charge is -2.13. The van der Waals surface area contributed by atoms with Crippen LogP contribution in [-0.2, 0) is 0 Å². The molecule has 2 aromatic rings. The van der Waals surface area contributed by atoms with Crippen molar-refractivity contribution >= 4 is 17.2 Å². The van der Waals surface area contributed by atoms with E-state index in [1.54, 1.807) is 12.5 Å². The summed E-state index contributed by atoms with van der Waals surface area (Å²) in [4.78, 5) is 10.8. The topological polar surface area (TPSA) is 37.8 Å². The van der Waals surface area contributed by atoms with Crippen LogP contribution in [0, 0.1) is 13.8 Å². The molecule has 0 aliphatic carbocycles. The highest BCUT2D eigenvalue weighted by atomic mass is 32.1. The van der Waals surface area contributed by atoms with Crippen LogP contribution in [0.25, 0.3) is 0 Å². The number of nitrogens with zero attached hydrogens (tertiary/aromatic N) is 2. The molecule has 1 N–H and O–H groups in total. The molecule has 84 valence electrons. The molecule has 0 spiro atoms. The fourth-order valence-corrected chi connectivity index (χ4v) is 2.78. The van der Waals surface area contributed by atoms with E-state index in [-0.39, 0.29) is 6.04 Å². The summed E-state index contributed by atoms with van der Waals surface area (Å²) in [7, 11) is 0. The Hall–Kier alpha value is -1.42. The molecule has 0 saturated carbocycles. The minimum absolute atomic E-state index is 0.278. The number of rotatable bonds is 3. The number of hydrogen-bond acceptors (Lipinski definition) is 4. The molecule has 0 fully saturated rings. The number of thiophene rings is 1. The van der Waals surface area contributed by atoms with Crippen molar-refractivity contribution in [2.45, 2.75) is 26.8 Å². The Labute approximate surface area is 99.6 Å². The van der Waals surface area contributed by atoms with Crippen LogP contribution in [-0.4, -0.2) is 9.97 Å². The fraction of sp³-hybridized carbons (Fsp3) is 0.333. The van der Waals surface area contributed by atoms with Crippen LogP contribution in [0.5, 0.6) is 0 Å². The summed E-state index contributed by atoms with van der Waals surface area (Å²) in [5.74, 6) is 0.866. The van der Waals surface area contributed by atoms with E-state index in [1.165, 1.54) is 15.3 Å². The molecule has 3 nitrogen and oxygen atoms in total. The maximum atomic E-state index is 4.16. The molecule has 0 aliphatic heterocycles. The Kier molecular flexibility index (Phi) is 3.19. The third-order valence-electron chi connectivity index (χ3n) is 2.49. The van der Waals surface area contributed by atoms with E-state index in [0.29, 0.717) is 0 Å². The Morgan fingerprint density at radius 1 is 1.38 bits per heavy atom. The van der Waals surface area contributed by atoms with Gasteiger partial charge in [-0.2, -0.15) is 0 Å². The largest absolute Gasteiger partial charge is 0.363 e. The summed E-state index contributed by atoms with van der Waals surface area (Å²) in [5, 5.41) is 3.37. The normalized spacial score (nSPS) is 12.4. The van der Waals surface area contributed by atoms with Crippen molar-refractivity contribution in [2.75, 3.05) is 5.32 Å². The maximum Gasteiger partial charge on any atom is 0.129 e. The van der Waals surface area contributed by atoms with Crippen LogP contribution in [0.2, 0.25) is 0 Å². The van der Waals surface area contributed by atoms with Crippen molar-refractivity contribution in [2.24, 2.45) is 0 Å². The zero-order valence-corrected chi connectivity index (χ0v) is 10.5. The van der Waals surface area contributed by atoms with Crippen LogP contribution in [0.15, 0.2) is 24.7 Å². The first-order chi connectivity index (χ1) is 7.66. The predicted molar refractivity (Wildman–Crippen MR) is 67.9 cm³/mol. The number of aromatic nitrogens is 2. The molecule has 4 heteroatoms. The first-order valence-electron chi connectivity index (χ1n) is 5.26. The van der Waals surface area contributed by atoms with E-state index in [9.17, 15) is 0 Å². The molecular weight excluding hydrogens is 218 g/mol. The van der Waals surface area contributed by atoms with Crippen molar-refractivity contribution in [3.8, 4) is 0 Å². The number of nitrogens with one attached hydrogen (secondary N) is 1. The van der Waals surface area contributed by atoms with Crippen LogP contribution in [0.4, 0.5) is 5.82 Å². The van der Waals surface area contributed by atoms with Gasteiger partial charge in [-0.15, -0.1) is 11.3 Å². The van der Waals surface area contributed by atoms with Gasteiger partial charge in [-0.05, 0) is 38.5 Å². The highest BCUT2D eigenvalue weighted by molar-refractivity contribution is 7.12. The van der Waals surface area contributed by atoms with Gasteiger partial charge < -0.3 is 5.32 Å². The van der Waals surface area contributed by atoms with Gasteiger partial charge in [0, 0.05) is 16.0 Å². The third kappa shape index (κ3) is 2.39. The summed E-state index contributed by atoms with van der Waals surface area (Å²) in [6, 6.07) is 4.39. The van der Waals surface area contributed by atoms with E-state index in [2.05, 4.69) is 42.1 Å². The molecule has 2 aromatic heterocycles. The first-order valence-corrected chi connectivity index (χ1v) is 6.08. The Balaban J connectivity index is 2.14. The standard InChI is InChI=1S/C12H15N3S/c1-8-6-11(10(3)16-8)9(2)15-12-4-5-13-7-14-12/h4-7,9H,1-3H3,(H,13,14,15). The molecule has 16 heavy (non-hydrogen) atoms. The van der Waals surface area contributed by atoms with Gasteiger partial charge in [0.15, 0.2) is 0 Å². The number of hydrogen-bond donors (Lipinski definition) is 1. The van der Waals surface area contributed by atoms with E-state index in [1.807, 2.05) is 17.4 Å². The monoisotopic (exact) mass is 233 g/mol. The highest BCUT2D eigenvalue weighted by Gasteiger charge is 2.11. The van der Waals surface area contributed by atoms with Crippen LogP contribution in [0.1, 0.15) is 28.3 Å². The molecular formula is C12H15N3S. The van der Waals surface area contributed by atoms with Crippen molar-refractivity contribution in [1.29, 1.82) is 0 Å². The van der Waals surface area contributed by atoms with Crippen LogP contribution in [0.3, 0.4) is 0 Å². The van der Waals surface area contributed by atoms with Gasteiger partial charge in [0.05, 0.1) is 6.04 Å². The van der Waals surface area contributed by atoms with E-state index < -0.39 is 0 Å². The molecule has 2 rings (SSSR count). The molecule has 1 unspecified atom stereocenters. The van der Waals surface area contributed by atoms with Crippen LogP contribution < -0.4 is 5.32 Å². The molecule has 0 radical (unpaired) electrons. The van der Waals surface area contributed by atoms with E-state index in [0.717, 1.165) is 5.82 Å². The van der Waals surface area contributed by atoms with Crippen LogP contribution >= 0.6 is 11.3 Å². The SMILES string of the molecule is Cc1cc(C(C)Nc2ccncn2)c(C)s1. The Morgan fingerprint density at radius 3 is 2.75 bits per heavy atom. The van der Waals surface area contributed by atoms with Gasteiger partial charge in [-0.3, -0.25) is 0 Å². The van der Waals surface area contributed by atoms with Crippen molar-refractivity contribution < 1.29 is 0 Å². The lowest BCUT2D eigenvalue weighted by molar-refractivity contribution is 0.869. The second-order valence-electron chi connectivity index (χ2n) is 3.83. The maximum absolute atomic E-state index is 4.16. The van der Waals surface area contributed by atoms with Crippen molar-refractivity contribution in [1.82, 2.24) is 9.97 Å². The van der Waals surface area contributed by atoms with Gasteiger partial charge in [-0.25, -0.2) is 9.97 Å². The molecule has 1 atom stereocenters. The van der Waals surface area contributed by atoms with Crippen molar-refractivity contribution in [3.05, 3.63) is 40.0 Å². The molecule has 0 amide bonds. The summed E-state index contributed by atoms with van der Waals surface area (Å²) in [6.07, 6.45) is 3.30. The minimum Gasteiger partial charge on any atom is -0.363 e.